The minimum Gasteiger partial charge on any atom is -0.445 e. The maximum atomic E-state index is 12.0. The fourth-order valence-corrected chi connectivity index (χ4v) is 3.08. The molecular formula is C20H30N2O4. The second kappa shape index (κ2) is 9.46. The number of carbonyl (C=O) groups excluding carboxylic acids is 2. The molecule has 26 heavy (non-hydrogen) atoms. The predicted octanol–water partition coefficient (Wildman–Crippen LogP) is 4.00. The summed E-state index contributed by atoms with van der Waals surface area (Å²) >= 11 is 0. The van der Waals surface area contributed by atoms with Crippen molar-refractivity contribution in [3.05, 3.63) is 35.9 Å². The van der Waals surface area contributed by atoms with Crippen molar-refractivity contribution in [3.8, 4) is 0 Å². The van der Waals surface area contributed by atoms with E-state index in [-0.39, 0.29) is 18.7 Å². The van der Waals surface area contributed by atoms with Gasteiger partial charge in [0, 0.05) is 12.6 Å². The van der Waals surface area contributed by atoms with E-state index in [4.69, 9.17) is 9.47 Å². The number of benzene rings is 1. The Hall–Kier alpha value is -2.24. The van der Waals surface area contributed by atoms with Crippen LogP contribution in [0.25, 0.3) is 0 Å². The number of alkyl carbamates (subject to hydrolysis) is 2. The molecule has 6 nitrogen and oxygen atoms in total. The maximum absolute atomic E-state index is 12.0. The molecule has 1 aromatic rings. The molecule has 144 valence electrons. The summed E-state index contributed by atoms with van der Waals surface area (Å²) in [5, 5.41) is 5.76. The molecule has 2 rings (SSSR count). The Bertz CT molecular complexity index is 583. The van der Waals surface area contributed by atoms with Crippen LogP contribution in [0.5, 0.6) is 0 Å². The van der Waals surface area contributed by atoms with E-state index in [1.54, 1.807) is 0 Å². The summed E-state index contributed by atoms with van der Waals surface area (Å²) in [5.41, 5.74) is 0.467. The molecule has 2 atom stereocenters. The molecule has 2 unspecified atom stereocenters. The zero-order valence-corrected chi connectivity index (χ0v) is 15.9. The van der Waals surface area contributed by atoms with Crippen molar-refractivity contribution in [1.29, 1.82) is 0 Å². The monoisotopic (exact) mass is 362 g/mol. The zero-order valence-electron chi connectivity index (χ0n) is 15.9. The van der Waals surface area contributed by atoms with Crippen LogP contribution in [0.3, 0.4) is 0 Å². The van der Waals surface area contributed by atoms with E-state index < -0.39 is 11.7 Å². The molecule has 0 heterocycles. The minimum atomic E-state index is -0.497. The molecule has 0 saturated heterocycles. The van der Waals surface area contributed by atoms with Gasteiger partial charge in [-0.3, -0.25) is 0 Å². The Balaban J connectivity index is 1.68. The molecular weight excluding hydrogens is 332 g/mol. The van der Waals surface area contributed by atoms with Gasteiger partial charge in [-0.2, -0.15) is 0 Å². The average molecular weight is 362 g/mol. The van der Waals surface area contributed by atoms with Crippen LogP contribution in [0.1, 0.15) is 52.0 Å². The summed E-state index contributed by atoms with van der Waals surface area (Å²) in [6.45, 7) is 6.35. The first-order valence-corrected chi connectivity index (χ1v) is 9.26. The quantitative estimate of drug-likeness (QED) is 0.830. The summed E-state index contributed by atoms with van der Waals surface area (Å²) in [7, 11) is 0. The van der Waals surface area contributed by atoms with Crippen molar-refractivity contribution in [2.45, 2.75) is 64.7 Å². The third kappa shape index (κ3) is 7.76. The molecule has 0 aliphatic heterocycles. The molecule has 0 radical (unpaired) electrons. The van der Waals surface area contributed by atoms with Gasteiger partial charge in [0.25, 0.3) is 0 Å². The lowest BCUT2D eigenvalue weighted by molar-refractivity contribution is 0.0512. The minimum absolute atomic E-state index is 0.0810. The molecule has 0 spiro atoms. The van der Waals surface area contributed by atoms with Gasteiger partial charge in [0.15, 0.2) is 0 Å². The summed E-state index contributed by atoms with van der Waals surface area (Å²) < 4.78 is 10.5. The fraction of sp³-hybridized carbons (Fsp3) is 0.600. The molecule has 1 aromatic carbocycles. The summed E-state index contributed by atoms with van der Waals surface area (Å²) in [4.78, 5) is 23.7. The van der Waals surface area contributed by atoms with E-state index in [0.717, 1.165) is 31.2 Å². The van der Waals surface area contributed by atoms with Crippen molar-refractivity contribution in [1.82, 2.24) is 10.6 Å². The van der Waals surface area contributed by atoms with Crippen molar-refractivity contribution < 1.29 is 19.1 Å². The highest BCUT2D eigenvalue weighted by Gasteiger charge is 2.25. The highest BCUT2D eigenvalue weighted by molar-refractivity contribution is 5.68. The van der Waals surface area contributed by atoms with Crippen molar-refractivity contribution in [2.24, 2.45) is 5.92 Å². The Kier molecular flexibility index (Phi) is 7.30. The third-order valence-corrected chi connectivity index (χ3v) is 4.25. The molecule has 1 saturated carbocycles. The Labute approximate surface area is 155 Å². The average Bonchev–Trinajstić information content (AvgIpc) is 2.58. The van der Waals surface area contributed by atoms with Gasteiger partial charge in [-0.1, -0.05) is 36.8 Å². The SMILES string of the molecule is CC(C)(C)OC(=O)NCC1CCCC(NC(=O)OCc2ccccc2)C1. The number of carbonyl (C=O) groups is 2. The summed E-state index contributed by atoms with van der Waals surface area (Å²) in [6, 6.07) is 9.69. The van der Waals surface area contributed by atoms with Crippen LogP contribution in [0.2, 0.25) is 0 Å². The van der Waals surface area contributed by atoms with Gasteiger partial charge in [-0.15, -0.1) is 0 Å². The molecule has 1 aliphatic carbocycles. The van der Waals surface area contributed by atoms with E-state index in [9.17, 15) is 9.59 Å². The van der Waals surface area contributed by atoms with Gasteiger partial charge in [0.1, 0.15) is 12.2 Å². The van der Waals surface area contributed by atoms with Crippen molar-refractivity contribution >= 4 is 12.2 Å². The molecule has 1 aliphatic rings. The number of hydrogen-bond acceptors (Lipinski definition) is 4. The third-order valence-electron chi connectivity index (χ3n) is 4.25. The van der Waals surface area contributed by atoms with E-state index >= 15 is 0 Å². The van der Waals surface area contributed by atoms with Crippen LogP contribution in [0.4, 0.5) is 9.59 Å². The van der Waals surface area contributed by atoms with Crippen LogP contribution in [0, 0.1) is 5.92 Å². The van der Waals surface area contributed by atoms with Gasteiger partial charge in [0.05, 0.1) is 0 Å². The summed E-state index contributed by atoms with van der Waals surface area (Å²) in [6.07, 6.45) is 3.03. The number of rotatable bonds is 5. The maximum Gasteiger partial charge on any atom is 0.407 e. The van der Waals surface area contributed by atoms with Crippen LogP contribution < -0.4 is 10.6 Å². The molecule has 2 amide bonds. The Morgan fingerprint density at radius 3 is 2.54 bits per heavy atom. The second-order valence-electron chi connectivity index (χ2n) is 7.82. The van der Waals surface area contributed by atoms with Crippen molar-refractivity contribution in [3.63, 3.8) is 0 Å². The lowest BCUT2D eigenvalue weighted by atomic mass is 9.86. The van der Waals surface area contributed by atoms with Gasteiger partial charge in [0.2, 0.25) is 0 Å². The Morgan fingerprint density at radius 1 is 1.12 bits per heavy atom. The topological polar surface area (TPSA) is 76.7 Å². The predicted molar refractivity (Wildman–Crippen MR) is 99.7 cm³/mol. The molecule has 0 bridgehead atoms. The van der Waals surface area contributed by atoms with E-state index in [2.05, 4.69) is 10.6 Å². The first kappa shape index (κ1) is 20.1. The van der Waals surface area contributed by atoms with E-state index in [1.165, 1.54) is 0 Å². The molecule has 2 N–H and O–H groups in total. The standard InChI is InChI=1S/C20H30N2O4/c1-20(2,3)26-18(23)21-13-16-10-7-11-17(12-16)22-19(24)25-14-15-8-5-4-6-9-15/h4-6,8-9,16-17H,7,10-14H2,1-3H3,(H,21,23)(H,22,24). The molecule has 1 fully saturated rings. The molecule has 6 heteroatoms. The van der Waals surface area contributed by atoms with Crippen LogP contribution in [-0.2, 0) is 16.1 Å². The normalized spacial score (nSPS) is 20.1. The summed E-state index contributed by atoms with van der Waals surface area (Å²) in [5.74, 6) is 0.329. The number of hydrogen-bond donors (Lipinski definition) is 2. The fourth-order valence-electron chi connectivity index (χ4n) is 3.08. The number of nitrogens with one attached hydrogen (secondary N) is 2. The highest BCUT2D eigenvalue weighted by Crippen LogP contribution is 2.24. The Morgan fingerprint density at radius 2 is 1.85 bits per heavy atom. The number of ether oxygens (including phenoxy) is 2. The van der Waals surface area contributed by atoms with Crippen LogP contribution in [0.15, 0.2) is 30.3 Å². The first-order chi connectivity index (χ1) is 12.3. The van der Waals surface area contributed by atoms with E-state index in [0.29, 0.717) is 12.5 Å². The lowest BCUT2D eigenvalue weighted by Crippen LogP contribution is -2.42. The zero-order chi connectivity index (χ0) is 19.0. The molecule has 0 aromatic heterocycles. The smallest absolute Gasteiger partial charge is 0.407 e. The van der Waals surface area contributed by atoms with Crippen molar-refractivity contribution in [2.75, 3.05) is 6.54 Å². The van der Waals surface area contributed by atoms with Gasteiger partial charge in [-0.05, 0) is 51.5 Å². The van der Waals surface area contributed by atoms with Gasteiger partial charge < -0.3 is 20.1 Å². The van der Waals surface area contributed by atoms with Crippen LogP contribution in [-0.4, -0.2) is 30.4 Å². The number of amides is 2. The van der Waals surface area contributed by atoms with Gasteiger partial charge in [-0.25, -0.2) is 9.59 Å². The van der Waals surface area contributed by atoms with E-state index in [1.807, 2.05) is 51.1 Å². The first-order valence-electron chi connectivity index (χ1n) is 9.26. The highest BCUT2D eigenvalue weighted by atomic mass is 16.6. The largest absolute Gasteiger partial charge is 0.445 e. The van der Waals surface area contributed by atoms with Crippen LogP contribution >= 0.6 is 0 Å². The van der Waals surface area contributed by atoms with Gasteiger partial charge >= 0.3 is 12.2 Å². The second-order valence-corrected chi connectivity index (χ2v) is 7.82. The lowest BCUT2D eigenvalue weighted by Gasteiger charge is -2.30.